The van der Waals surface area contributed by atoms with Crippen LogP contribution in [0.4, 0.5) is 4.79 Å². The monoisotopic (exact) mass is 376 g/mol. The Balaban J connectivity index is 1.43. The molecule has 0 bridgehead atoms. The van der Waals surface area contributed by atoms with Crippen molar-refractivity contribution in [1.82, 2.24) is 20.4 Å². The molecule has 28 heavy (non-hydrogen) atoms. The van der Waals surface area contributed by atoms with Gasteiger partial charge in [0.15, 0.2) is 5.82 Å². The van der Waals surface area contributed by atoms with E-state index in [1.807, 2.05) is 74.5 Å². The van der Waals surface area contributed by atoms with Crippen molar-refractivity contribution in [3.05, 3.63) is 83.5 Å². The summed E-state index contributed by atoms with van der Waals surface area (Å²) in [5.41, 5.74) is 2.11. The van der Waals surface area contributed by atoms with E-state index < -0.39 is 0 Å². The molecule has 4 rings (SSSR count). The van der Waals surface area contributed by atoms with Crippen molar-refractivity contribution in [3.63, 3.8) is 0 Å². The lowest BCUT2D eigenvalue weighted by atomic mass is 9.98. The van der Waals surface area contributed by atoms with Crippen LogP contribution < -0.4 is 5.32 Å². The zero-order valence-corrected chi connectivity index (χ0v) is 16.1. The second-order valence-electron chi connectivity index (χ2n) is 7.45. The first-order chi connectivity index (χ1) is 13.6. The Bertz CT molecular complexity index is 878. The predicted molar refractivity (Wildman–Crippen MR) is 106 cm³/mol. The van der Waals surface area contributed by atoms with Crippen LogP contribution in [0.15, 0.2) is 65.2 Å². The Labute approximate surface area is 164 Å². The fraction of sp³-hybridized carbons (Fsp3) is 0.318. The highest BCUT2D eigenvalue weighted by Crippen LogP contribution is 2.28. The molecule has 2 aromatic carbocycles. The highest BCUT2D eigenvalue weighted by atomic mass is 16.5. The molecule has 0 radical (unpaired) electrons. The summed E-state index contributed by atoms with van der Waals surface area (Å²) >= 11 is 0. The van der Waals surface area contributed by atoms with Gasteiger partial charge in [0.2, 0.25) is 5.89 Å². The molecule has 1 N–H and O–H groups in total. The summed E-state index contributed by atoms with van der Waals surface area (Å²) in [7, 11) is 0. The molecular weight excluding hydrogens is 352 g/mol. The minimum Gasteiger partial charge on any atom is -0.339 e. The Hall–Kier alpha value is -3.15. The molecule has 0 aliphatic carbocycles. The van der Waals surface area contributed by atoms with Crippen LogP contribution in [0, 0.1) is 0 Å². The largest absolute Gasteiger partial charge is 0.339 e. The van der Waals surface area contributed by atoms with Crippen LogP contribution in [0.2, 0.25) is 0 Å². The lowest BCUT2D eigenvalue weighted by Gasteiger charge is -2.38. The molecule has 0 unspecified atom stereocenters. The fourth-order valence-corrected chi connectivity index (χ4v) is 3.31. The summed E-state index contributed by atoms with van der Waals surface area (Å²) in [6.07, 6.45) is 0. The van der Waals surface area contributed by atoms with E-state index in [4.69, 9.17) is 4.52 Å². The molecule has 6 nitrogen and oxygen atoms in total. The third-order valence-corrected chi connectivity index (χ3v) is 5.03. The van der Waals surface area contributed by atoms with Gasteiger partial charge in [-0.25, -0.2) is 4.79 Å². The molecule has 2 heterocycles. The van der Waals surface area contributed by atoms with Gasteiger partial charge in [0.1, 0.15) is 0 Å². The van der Waals surface area contributed by atoms with Gasteiger partial charge in [-0.3, -0.25) is 0 Å². The molecule has 0 saturated carbocycles. The van der Waals surface area contributed by atoms with Crippen molar-refractivity contribution < 1.29 is 9.32 Å². The van der Waals surface area contributed by atoms with Gasteiger partial charge < -0.3 is 14.7 Å². The maximum absolute atomic E-state index is 12.8. The standard InChI is InChI=1S/C22H24N4O2/c1-15(2)20-24-21(28-25-20)18-13-26(14-18)22(27)23-19(16-9-5-3-6-10-16)17-11-7-4-8-12-17/h3-12,15,18-19H,13-14H2,1-2H3,(H,23,27). The Morgan fingerprint density at radius 3 is 2.11 bits per heavy atom. The number of hydrogen-bond donors (Lipinski definition) is 1. The Morgan fingerprint density at radius 2 is 1.61 bits per heavy atom. The van der Waals surface area contributed by atoms with Crippen LogP contribution in [0.3, 0.4) is 0 Å². The van der Waals surface area contributed by atoms with Crippen LogP contribution in [-0.4, -0.2) is 34.2 Å². The van der Waals surface area contributed by atoms with E-state index in [0.717, 1.165) is 11.1 Å². The van der Waals surface area contributed by atoms with Crippen LogP contribution in [-0.2, 0) is 0 Å². The maximum Gasteiger partial charge on any atom is 0.318 e. The zero-order chi connectivity index (χ0) is 19.5. The molecule has 1 saturated heterocycles. The van der Waals surface area contributed by atoms with E-state index in [-0.39, 0.29) is 23.9 Å². The number of urea groups is 1. The van der Waals surface area contributed by atoms with Crippen molar-refractivity contribution in [1.29, 1.82) is 0 Å². The number of carbonyl (C=O) groups is 1. The maximum atomic E-state index is 12.8. The number of benzene rings is 2. The first-order valence-corrected chi connectivity index (χ1v) is 9.60. The van der Waals surface area contributed by atoms with Crippen LogP contribution >= 0.6 is 0 Å². The minimum atomic E-state index is -0.190. The van der Waals surface area contributed by atoms with E-state index in [9.17, 15) is 4.79 Å². The number of amides is 2. The molecule has 3 aromatic rings. The van der Waals surface area contributed by atoms with E-state index in [0.29, 0.717) is 24.8 Å². The smallest absolute Gasteiger partial charge is 0.318 e. The predicted octanol–water partition coefficient (Wildman–Crippen LogP) is 4.09. The molecule has 1 aliphatic rings. The topological polar surface area (TPSA) is 71.3 Å². The molecule has 1 fully saturated rings. The summed E-state index contributed by atoms with van der Waals surface area (Å²) in [4.78, 5) is 19.0. The normalized spacial score (nSPS) is 14.4. The summed E-state index contributed by atoms with van der Waals surface area (Å²) in [6.45, 7) is 5.23. The van der Waals surface area contributed by atoms with Gasteiger partial charge in [0, 0.05) is 19.0 Å². The quantitative estimate of drug-likeness (QED) is 0.728. The molecule has 1 aromatic heterocycles. The van der Waals surface area contributed by atoms with Crippen molar-refractivity contribution in [2.75, 3.05) is 13.1 Å². The molecule has 144 valence electrons. The summed E-state index contributed by atoms with van der Waals surface area (Å²) < 4.78 is 5.36. The number of nitrogens with zero attached hydrogens (tertiary/aromatic N) is 3. The summed E-state index contributed by atoms with van der Waals surface area (Å²) in [5.74, 6) is 1.67. The van der Waals surface area contributed by atoms with Gasteiger partial charge in [0.25, 0.3) is 0 Å². The van der Waals surface area contributed by atoms with E-state index in [1.165, 1.54) is 0 Å². The third kappa shape index (κ3) is 3.76. The minimum absolute atomic E-state index is 0.0856. The second-order valence-corrected chi connectivity index (χ2v) is 7.45. The summed E-state index contributed by atoms with van der Waals surface area (Å²) in [5, 5.41) is 7.18. The lowest BCUT2D eigenvalue weighted by molar-refractivity contribution is 0.135. The number of nitrogens with one attached hydrogen (secondary N) is 1. The number of rotatable bonds is 5. The van der Waals surface area contributed by atoms with Crippen molar-refractivity contribution in [2.45, 2.75) is 31.7 Å². The number of aromatic nitrogens is 2. The molecule has 0 spiro atoms. The Kier molecular flexibility index (Phi) is 5.10. The molecule has 2 amide bonds. The van der Waals surface area contributed by atoms with Crippen molar-refractivity contribution in [3.8, 4) is 0 Å². The van der Waals surface area contributed by atoms with Gasteiger partial charge in [0.05, 0.1) is 12.0 Å². The van der Waals surface area contributed by atoms with Gasteiger partial charge in [-0.2, -0.15) is 4.98 Å². The van der Waals surface area contributed by atoms with Crippen LogP contribution in [0.25, 0.3) is 0 Å². The van der Waals surface area contributed by atoms with Gasteiger partial charge >= 0.3 is 6.03 Å². The fourth-order valence-electron chi connectivity index (χ4n) is 3.31. The molecular formula is C22H24N4O2. The van der Waals surface area contributed by atoms with E-state index in [1.54, 1.807) is 4.90 Å². The van der Waals surface area contributed by atoms with Crippen molar-refractivity contribution >= 4 is 6.03 Å². The Morgan fingerprint density at radius 1 is 1.04 bits per heavy atom. The van der Waals surface area contributed by atoms with Crippen molar-refractivity contribution in [2.24, 2.45) is 0 Å². The SMILES string of the molecule is CC(C)c1noc(C2CN(C(=O)NC(c3ccccc3)c3ccccc3)C2)n1. The first-order valence-electron chi connectivity index (χ1n) is 9.60. The second kappa shape index (κ2) is 7.84. The lowest BCUT2D eigenvalue weighted by Crippen LogP contribution is -2.53. The third-order valence-electron chi connectivity index (χ3n) is 5.03. The van der Waals surface area contributed by atoms with Crippen LogP contribution in [0.5, 0.6) is 0 Å². The average Bonchev–Trinajstić information content (AvgIpc) is 3.16. The number of carbonyl (C=O) groups excluding carboxylic acids is 1. The molecule has 0 atom stereocenters. The average molecular weight is 376 g/mol. The van der Waals surface area contributed by atoms with Gasteiger partial charge in [-0.1, -0.05) is 79.7 Å². The van der Waals surface area contributed by atoms with Crippen LogP contribution in [0.1, 0.15) is 54.6 Å². The summed E-state index contributed by atoms with van der Waals surface area (Å²) in [6, 6.07) is 19.7. The van der Waals surface area contributed by atoms with E-state index >= 15 is 0 Å². The van der Waals surface area contributed by atoms with Gasteiger partial charge in [-0.15, -0.1) is 0 Å². The highest BCUT2D eigenvalue weighted by molar-refractivity contribution is 5.76. The first kappa shape index (κ1) is 18.2. The van der Waals surface area contributed by atoms with Gasteiger partial charge in [-0.05, 0) is 11.1 Å². The highest BCUT2D eigenvalue weighted by Gasteiger charge is 2.36. The zero-order valence-electron chi connectivity index (χ0n) is 16.1. The van der Waals surface area contributed by atoms with E-state index in [2.05, 4.69) is 15.5 Å². The number of hydrogen-bond acceptors (Lipinski definition) is 4. The number of likely N-dealkylation sites (tertiary alicyclic amines) is 1. The molecule has 6 heteroatoms. The molecule has 1 aliphatic heterocycles.